The Labute approximate surface area is 142 Å². The molecule has 2 fully saturated rings. The Morgan fingerprint density at radius 2 is 2.12 bits per heavy atom. The van der Waals surface area contributed by atoms with Gasteiger partial charge in [-0.05, 0) is 19.8 Å². The highest BCUT2D eigenvalue weighted by molar-refractivity contribution is 5.89. The van der Waals surface area contributed by atoms with Gasteiger partial charge in [-0.2, -0.15) is 0 Å². The molecular formula is C16H26N6O2. The van der Waals surface area contributed by atoms with E-state index in [9.17, 15) is 4.79 Å². The highest BCUT2D eigenvalue weighted by Gasteiger charge is 2.22. The van der Waals surface area contributed by atoms with E-state index in [1.165, 1.54) is 0 Å². The van der Waals surface area contributed by atoms with Crippen LogP contribution in [0, 0.1) is 5.92 Å². The van der Waals surface area contributed by atoms with E-state index in [1.807, 2.05) is 6.92 Å². The number of anilines is 2. The lowest BCUT2D eigenvalue weighted by Crippen LogP contribution is -2.44. The van der Waals surface area contributed by atoms with E-state index >= 15 is 0 Å². The third-order valence-electron chi connectivity index (χ3n) is 4.56. The van der Waals surface area contributed by atoms with Crippen molar-refractivity contribution in [1.29, 1.82) is 0 Å². The highest BCUT2D eigenvalue weighted by Crippen LogP contribution is 2.17. The predicted molar refractivity (Wildman–Crippen MR) is 92.3 cm³/mol. The Morgan fingerprint density at radius 3 is 2.79 bits per heavy atom. The van der Waals surface area contributed by atoms with Crippen molar-refractivity contribution in [2.45, 2.75) is 25.8 Å². The van der Waals surface area contributed by atoms with Crippen molar-refractivity contribution in [3.05, 3.63) is 12.4 Å². The van der Waals surface area contributed by atoms with Crippen molar-refractivity contribution >= 4 is 17.7 Å². The van der Waals surface area contributed by atoms with Gasteiger partial charge in [-0.3, -0.25) is 0 Å². The summed E-state index contributed by atoms with van der Waals surface area (Å²) in [6.45, 7) is 7.23. The number of rotatable bonds is 4. The van der Waals surface area contributed by atoms with Crippen LogP contribution in [0.15, 0.2) is 12.4 Å². The lowest BCUT2D eigenvalue weighted by Gasteiger charge is -2.28. The molecule has 0 spiro atoms. The molecule has 3 N–H and O–H groups in total. The van der Waals surface area contributed by atoms with Gasteiger partial charge in [0.2, 0.25) is 5.95 Å². The number of nitrogens with one attached hydrogen (secondary N) is 3. The monoisotopic (exact) mass is 334 g/mol. The Bertz CT molecular complexity index is 526. The van der Waals surface area contributed by atoms with E-state index < -0.39 is 0 Å². The van der Waals surface area contributed by atoms with Gasteiger partial charge in [0.05, 0.1) is 24.7 Å². The Hall–Kier alpha value is -1.93. The molecule has 0 aliphatic carbocycles. The first-order valence-corrected chi connectivity index (χ1v) is 8.65. The SMILES string of the molecule is CC(NC(=O)Nc1cnc(N2CCNCC2)nc1)C1CCCOC1. The molecule has 1 aromatic rings. The molecule has 1 aromatic heterocycles. The number of hydrogen-bond acceptors (Lipinski definition) is 6. The smallest absolute Gasteiger partial charge is 0.319 e. The standard InChI is InChI=1S/C16H26N6O2/c1-12(13-3-2-8-24-11-13)20-16(23)21-14-9-18-15(19-10-14)22-6-4-17-5-7-22/h9-10,12-13,17H,2-8,11H2,1H3,(H2,20,21,23). The molecule has 0 aromatic carbocycles. The van der Waals surface area contributed by atoms with Gasteiger partial charge in [-0.1, -0.05) is 0 Å². The Morgan fingerprint density at radius 1 is 1.38 bits per heavy atom. The second-order valence-electron chi connectivity index (χ2n) is 6.37. The summed E-state index contributed by atoms with van der Waals surface area (Å²) in [5.74, 6) is 1.08. The fraction of sp³-hybridized carbons (Fsp3) is 0.688. The van der Waals surface area contributed by atoms with Crippen LogP contribution in [0.25, 0.3) is 0 Å². The van der Waals surface area contributed by atoms with Gasteiger partial charge in [0.25, 0.3) is 0 Å². The highest BCUT2D eigenvalue weighted by atomic mass is 16.5. The largest absolute Gasteiger partial charge is 0.381 e. The lowest BCUT2D eigenvalue weighted by atomic mass is 9.95. The van der Waals surface area contributed by atoms with Crippen molar-refractivity contribution in [2.24, 2.45) is 5.92 Å². The molecule has 2 atom stereocenters. The van der Waals surface area contributed by atoms with E-state index in [0.717, 1.165) is 45.6 Å². The number of urea groups is 1. The van der Waals surface area contributed by atoms with Gasteiger partial charge >= 0.3 is 6.03 Å². The molecule has 8 heteroatoms. The van der Waals surface area contributed by atoms with E-state index in [2.05, 4.69) is 30.8 Å². The molecule has 0 radical (unpaired) electrons. The topological polar surface area (TPSA) is 91.4 Å². The number of amides is 2. The lowest BCUT2D eigenvalue weighted by molar-refractivity contribution is 0.0438. The number of nitrogens with zero attached hydrogens (tertiary/aromatic N) is 3. The van der Waals surface area contributed by atoms with E-state index in [-0.39, 0.29) is 12.1 Å². The van der Waals surface area contributed by atoms with Crippen LogP contribution < -0.4 is 20.9 Å². The van der Waals surface area contributed by atoms with Crippen molar-refractivity contribution in [1.82, 2.24) is 20.6 Å². The summed E-state index contributed by atoms with van der Waals surface area (Å²) in [7, 11) is 0. The zero-order valence-electron chi connectivity index (χ0n) is 14.1. The Kier molecular flexibility index (Phi) is 5.81. The van der Waals surface area contributed by atoms with Gasteiger partial charge in [-0.25, -0.2) is 14.8 Å². The van der Waals surface area contributed by atoms with Crippen molar-refractivity contribution in [3.8, 4) is 0 Å². The van der Waals surface area contributed by atoms with Crippen LogP contribution in [-0.2, 0) is 4.74 Å². The maximum Gasteiger partial charge on any atom is 0.319 e. The molecule has 2 saturated heterocycles. The van der Waals surface area contributed by atoms with Crippen molar-refractivity contribution < 1.29 is 9.53 Å². The molecule has 8 nitrogen and oxygen atoms in total. The molecule has 0 bridgehead atoms. The number of hydrogen-bond donors (Lipinski definition) is 3. The van der Waals surface area contributed by atoms with Gasteiger partial charge in [0.15, 0.2) is 0 Å². The van der Waals surface area contributed by atoms with E-state index in [1.54, 1.807) is 12.4 Å². The third kappa shape index (κ3) is 4.55. The first-order chi connectivity index (χ1) is 11.7. The van der Waals surface area contributed by atoms with Crippen LogP contribution in [0.2, 0.25) is 0 Å². The second kappa shape index (κ2) is 8.25. The molecule has 0 saturated carbocycles. The molecule has 2 amide bonds. The summed E-state index contributed by atoms with van der Waals surface area (Å²) < 4.78 is 5.47. The van der Waals surface area contributed by atoms with E-state index in [4.69, 9.17) is 4.74 Å². The minimum absolute atomic E-state index is 0.0753. The van der Waals surface area contributed by atoms with Crippen LogP contribution in [0.4, 0.5) is 16.4 Å². The first kappa shape index (κ1) is 16.9. The average Bonchev–Trinajstić information content (AvgIpc) is 2.64. The molecular weight excluding hydrogens is 308 g/mol. The molecule has 3 rings (SSSR count). The summed E-state index contributed by atoms with van der Waals surface area (Å²) in [4.78, 5) is 22.9. The maximum absolute atomic E-state index is 12.1. The zero-order valence-corrected chi connectivity index (χ0v) is 14.1. The number of carbonyl (C=O) groups is 1. The van der Waals surface area contributed by atoms with Gasteiger partial charge in [-0.15, -0.1) is 0 Å². The normalized spacial score (nSPS) is 22.7. The van der Waals surface area contributed by atoms with Crippen LogP contribution >= 0.6 is 0 Å². The van der Waals surface area contributed by atoms with Crippen molar-refractivity contribution in [3.63, 3.8) is 0 Å². The van der Waals surface area contributed by atoms with Crippen molar-refractivity contribution in [2.75, 3.05) is 49.6 Å². The summed E-state index contributed by atoms with van der Waals surface area (Å²) in [5, 5.41) is 9.06. The number of ether oxygens (including phenoxy) is 1. The Balaban J connectivity index is 1.48. The van der Waals surface area contributed by atoms with Crippen LogP contribution in [0.1, 0.15) is 19.8 Å². The quantitative estimate of drug-likeness (QED) is 0.755. The molecule has 2 unspecified atom stereocenters. The minimum Gasteiger partial charge on any atom is -0.381 e. The molecule has 2 aliphatic heterocycles. The summed E-state index contributed by atoms with van der Waals surface area (Å²) in [6, 6.07) is -0.155. The zero-order chi connectivity index (χ0) is 16.8. The van der Waals surface area contributed by atoms with Gasteiger partial charge in [0.1, 0.15) is 0 Å². The minimum atomic E-state index is -0.230. The molecule has 24 heavy (non-hydrogen) atoms. The van der Waals surface area contributed by atoms with Gasteiger partial charge in [0, 0.05) is 44.7 Å². The fourth-order valence-electron chi connectivity index (χ4n) is 3.07. The van der Waals surface area contributed by atoms with Gasteiger partial charge < -0.3 is 25.6 Å². The predicted octanol–water partition coefficient (Wildman–Crippen LogP) is 0.823. The number of carbonyl (C=O) groups excluding carboxylic acids is 1. The number of aromatic nitrogens is 2. The van der Waals surface area contributed by atoms with Crippen LogP contribution in [0.3, 0.4) is 0 Å². The molecule has 2 aliphatic rings. The summed E-state index contributed by atoms with van der Waals surface area (Å²) in [5.41, 5.74) is 0.596. The first-order valence-electron chi connectivity index (χ1n) is 8.65. The average molecular weight is 334 g/mol. The maximum atomic E-state index is 12.1. The molecule has 3 heterocycles. The number of piperazine rings is 1. The van der Waals surface area contributed by atoms with Crippen LogP contribution in [0.5, 0.6) is 0 Å². The second-order valence-corrected chi connectivity index (χ2v) is 6.37. The summed E-state index contributed by atoms with van der Waals surface area (Å²) in [6.07, 6.45) is 5.44. The third-order valence-corrected chi connectivity index (χ3v) is 4.56. The summed E-state index contributed by atoms with van der Waals surface area (Å²) >= 11 is 0. The molecule has 132 valence electrons. The van der Waals surface area contributed by atoms with Crippen LogP contribution in [-0.4, -0.2) is 61.4 Å². The fourth-order valence-corrected chi connectivity index (χ4v) is 3.07. The van der Waals surface area contributed by atoms with E-state index in [0.29, 0.717) is 24.2 Å².